The first-order valence-corrected chi connectivity index (χ1v) is 13.3. The molecule has 0 aliphatic carbocycles. The van der Waals surface area contributed by atoms with Crippen LogP contribution in [0.5, 0.6) is 0 Å². The minimum absolute atomic E-state index is 0.0798. The number of para-hydroxylation sites is 1. The summed E-state index contributed by atoms with van der Waals surface area (Å²) in [5, 5.41) is 3.65. The highest BCUT2D eigenvalue weighted by Gasteiger charge is 2.21. The van der Waals surface area contributed by atoms with Gasteiger partial charge in [-0.25, -0.2) is 13.4 Å². The third-order valence-electron chi connectivity index (χ3n) is 6.44. The van der Waals surface area contributed by atoms with Crippen molar-refractivity contribution in [2.24, 2.45) is 0 Å². The number of nitrogens with one attached hydrogen (secondary N) is 1. The lowest BCUT2D eigenvalue weighted by molar-refractivity contribution is -0.122. The van der Waals surface area contributed by atoms with Crippen molar-refractivity contribution in [1.82, 2.24) is 14.9 Å². The first-order valence-electron chi connectivity index (χ1n) is 11.6. The molecule has 180 valence electrons. The molecule has 1 saturated heterocycles. The molecule has 1 fully saturated rings. The van der Waals surface area contributed by atoms with Gasteiger partial charge < -0.3 is 10.2 Å². The zero-order chi connectivity index (χ0) is 24.3. The molecule has 4 rings (SSSR count). The van der Waals surface area contributed by atoms with E-state index in [4.69, 9.17) is 0 Å². The van der Waals surface area contributed by atoms with Crippen LogP contribution in [-0.2, 0) is 21.2 Å². The zero-order valence-electron chi connectivity index (χ0n) is 19.5. The third kappa shape index (κ3) is 5.14. The lowest BCUT2D eigenvalue weighted by atomic mass is 10.0. The summed E-state index contributed by atoms with van der Waals surface area (Å²) in [6.45, 7) is 5.40. The van der Waals surface area contributed by atoms with E-state index in [-0.39, 0.29) is 36.2 Å². The Morgan fingerprint density at radius 1 is 1.12 bits per heavy atom. The summed E-state index contributed by atoms with van der Waals surface area (Å²) in [5.74, 6) is 0.00663. The van der Waals surface area contributed by atoms with Gasteiger partial charge in [-0.1, -0.05) is 19.1 Å². The Morgan fingerprint density at radius 2 is 1.82 bits per heavy atom. The molecular weight excluding hydrogens is 452 g/mol. The number of piperidine rings is 1. The summed E-state index contributed by atoms with van der Waals surface area (Å²) in [5.41, 5.74) is 2.50. The summed E-state index contributed by atoms with van der Waals surface area (Å²) >= 11 is 0. The van der Waals surface area contributed by atoms with Crippen LogP contribution in [0, 0.1) is 6.92 Å². The molecule has 0 saturated carbocycles. The van der Waals surface area contributed by atoms with E-state index in [2.05, 4.69) is 15.2 Å². The van der Waals surface area contributed by atoms with Crippen LogP contribution in [0.25, 0.3) is 10.9 Å². The number of hydrogen-bond acceptors (Lipinski definition) is 6. The number of carbonyl (C=O) groups is 1. The van der Waals surface area contributed by atoms with Crippen LogP contribution >= 0.6 is 0 Å². The molecule has 1 aromatic heterocycles. The Kier molecular flexibility index (Phi) is 7.02. The summed E-state index contributed by atoms with van der Waals surface area (Å²) in [7, 11) is -3.20. The summed E-state index contributed by atoms with van der Waals surface area (Å²) in [6, 6.07) is 12.6. The maximum Gasteiger partial charge on any atom is 0.261 e. The molecule has 0 spiro atoms. The Balaban J connectivity index is 1.28. The molecule has 8 nitrogen and oxygen atoms in total. The van der Waals surface area contributed by atoms with E-state index in [1.54, 1.807) is 25.1 Å². The normalized spacial score (nSPS) is 14.9. The van der Waals surface area contributed by atoms with Gasteiger partial charge in [-0.2, -0.15) is 0 Å². The van der Waals surface area contributed by atoms with Gasteiger partial charge in [-0.15, -0.1) is 0 Å². The van der Waals surface area contributed by atoms with E-state index >= 15 is 0 Å². The number of fused-ring (bicyclic) bond motifs is 1. The van der Waals surface area contributed by atoms with Crippen molar-refractivity contribution in [2.75, 3.05) is 23.7 Å². The van der Waals surface area contributed by atoms with Crippen LogP contribution in [0.15, 0.2) is 58.5 Å². The maximum absolute atomic E-state index is 12.7. The molecule has 9 heteroatoms. The predicted octanol–water partition coefficient (Wildman–Crippen LogP) is 2.67. The molecule has 0 unspecified atom stereocenters. The molecule has 1 aliphatic rings. The average molecular weight is 483 g/mol. The largest absolute Gasteiger partial charge is 0.371 e. The number of aromatic nitrogens is 2. The third-order valence-corrected chi connectivity index (χ3v) is 8.19. The number of carbonyl (C=O) groups excluding carboxylic acids is 1. The highest BCUT2D eigenvalue weighted by Crippen LogP contribution is 2.22. The molecule has 3 aromatic rings. The van der Waals surface area contributed by atoms with Crippen molar-refractivity contribution in [2.45, 2.75) is 50.6 Å². The molecule has 34 heavy (non-hydrogen) atoms. The average Bonchev–Trinajstić information content (AvgIpc) is 2.85. The highest BCUT2D eigenvalue weighted by atomic mass is 32.2. The predicted molar refractivity (Wildman–Crippen MR) is 133 cm³/mol. The van der Waals surface area contributed by atoms with E-state index < -0.39 is 9.84 Å². The van der Waals surface area contributed by atoms with E-state index in [1.165, 1.54) is 10.9 Å². The van der Waals surface area contributed by atoms with Gasteiger partial charge in [0.1, 0.15) is 0 Å². The van der Waals surface area contributed by atoms with Gasteiger partial charge in [0.25, 0.3) is 5.56 Å². The Hall–Kier alpha value is -3.20. The topological polar surface area (TPSA) is 101 Å². The van der Waals surface area contributed by atoms with Gasteiger partial charge >= 0.3 is 0 Å². The number of amides is 1. The van der Waals surface area contributed by atoms with E-state index in [0.29, 0.717) is 15.8 Å². The number of benzene rings is 2. The SMILES string of the molecule is CCS(=O)(=O)c1ccc(N2CCC(NC(=O)CCn3cnc4c(C)cccc4c3=O)CC2)cc1. The molecule has 1 amide bonds. The number of aryl methyl sites for hydroxylation is 2. The van der Waals surface area contributed by atoms with Gasteiger partial charge in [0.05, 0.1) is 27.9 Å². The summed E-state index contributed by atoms with van der Waals surface area (Å²) in [6.07, 6.45) is 3.34. The van der Waals surface area contributed by atoms with Crippen molar-refractivity contribution >= 4 is 32.3 Å². The van der Waals surface area contributed by atoms with Gasteiger partial charge in [0, 0.05) is 37.8 Å². The van der Waals surface area contributed by atoms with Crippen LogP contribution < -0.4 is 15.8 Å². The minimum Gasteiger partial charge on any atom is -0.371 e. The van der Waals surface area contributed by atoms with Crippen molar-refractivity contribution in [1.29, 1.82) is 0 Å². The molecule has 1 aliphatic heterocycles. The fraction of sp³-hybridized carbons (Fsp3) is 0.400. The van der Waals surface area contributed by atoms with Crippen molar-refractivity contribution < 1.29 is 13.2 Å². The molecule has 2 aromatic carbocycles. The van der Waals surface area contributed by atoms with Crippen molar-refractivity contribution in [3.63, 3.8) is 0 Å². The standard InChI is InChI=1S/C25H30N4O4S/c1-3-34(32,33)21-9-7-20(8-10-21)28-14-11-19(12-15-28)27-23(30)13-16-29-17-26-24-18(2)5-4-6-22(24)25(29)31/h4-10,17,19H,3,11-16H2,1-2H3,(H,27,30). The van der Waals surface area contributed by atoms with Gasteiger partial charge in [-0.3, -0.25) is 14.2 Å². The van der Waals surface area contributed by atoms with Crippen LogP contribution in [0.4, 0.5) is 5.69 Å². The molecule has 0 bridgehead atoms. The fourth-order valence-electron chi connectivity index (χ4n) is 4.33. The van der Waals surface area contributed by atoms with E-state index in [0.717, 1.165) is 37.2 Å². The van der Waals surface area contributed by atoms with Gasteiger partial charge in [-0.05, 0) is 55.7 Å². The summed E-state index contributed by atoms with van der Waals surface area (Å²) < 4.78 is 25.5. The number of rotatable bonds is 7. The second kappa shape index (κ2) is 9.97. The maximum atomic E-state index is 12.7. The molecule has 0 radical (unpaired) electrons. The van der Waals surface area contributed by atoms with Crippen LogP contribution in [0.1, 0.15) is 31.7 Å². The van der Waals surface area contributed by atoms with E-state index in [9.17, 15) is 18.0 Å². The molecular formula is C25H30N4O4S. The lowest BCUT2D eigenvalue weighted by Gasteiger charge is -2.34. The van der Waals surface area contributed by atoms with Crippen molar-refractivity contribution in [3.05, 3.63) is 64.7 Å². The van der Waals surface area contributed by atoms with Crippen LogP contribution in [0.3, 0.4) is 0 Å². The molecule has 1 N–H and O–H groups in total. The minimum atomic E-state index is -3.20. The lowest BCUT2D eigenvalue weighted by Crippen LogP contribution is -2.45. The Labute approximate surface area is 199 Å². The van der Waals surface area contributed by atoms with Gasteiger partial charge in [0.15, 0.2) is 9.84 Å². The first kappa shape index (κ1) is 23.9. The van der Waals surface area contributed by atoms with E-state index in [1.807, 2.05) is 31.2 Å². The molecule has 0 atom stereocenters. The second-order valence-corrected chi connectivity index (χ2v) is 11.0. The number of nitrogens with zero attached hydrogens (tertiary/aromatic N) is 3. The monoisotopic (exact) mass is 482 g/mol. The zero-order valence-corrected chi connectivity index (χ0v) is 20.3. The Morgan fingerprint density at radius 3 is 2.50 bits per heavy atom. The van der Waals surface area contributed by atoms with Gasteiger partial charge in [0.2, 0.25) is 5.91 Å². The molecule has 2 heterocycles. The first-order chi connectivity index (χ1) is 16.3. The number of anilines is 1. The highest BCUT2D eigenvalue weighted by molar-refractivity contribution is 7.91. The van der Waals surface area contributed by atoms with Crippen LogP contribution in [-0.4, -0.2) is 48.8 Å². The second-order valence-electron chi connectivity index (χ2n) is 8.69. The van der Waals surface area contributed by atoms with Crippen molar-refractivity contribution in [3.8, 4) is 0 Å². The fourth-order valence-corrected chi connectivity index (χ4v) is 5.22. The van der Waals surface area contributed by atoms with Crippen LogP contribution in [0.2, 0.25) is 0 Å². The Bertz CT molecular complexity index is 1340. The number of hydrogen-bond donors (Lipinski definition) is 1. The quantitative estimate of drug-likeness (QED) is 0.556. The smallest absolute Gasteiger partial charge is 0.261 e. The number of sulfone groups is 1. The summed E-state index contributed by atoms with van der Waals surface area (Å²) in [4.78, 5) is 32.1.